The molecule has 106 valence electrons. The lowest BCUT2D eigenvalue weighted by Gasteiger charge is -2.30. The van der Waals surface area contributed by atoms with E-state index in [2.05, 4.69) is 30.1 Å². The fourth-order valence-electron chi connectivity index (χ4n) is 2.64. The quantitative estimate of drug-likeness (QED) is 0.883. The van der Waals surface area contributed by atoms with Crippen LogP contribution < -0.4 is 5.32 Å². The van der Waals surface area contributed by atoms with E-state index in [1.54, 1.807) is 0 Å². The van der Waals surface area contributed by atoms with Gasteiger partial charge in [0.05, 0.1) is 19.3 Å². The lowest BCUT2D eigenvalue weighted by Crippen LogP contribution is -2.40. The number of nitrogens with zero attached hydrogens (tertiary/aromatic N) is 1. The third kappa shape index (κ3) is 3.59. The summed E-state index contributed by atoms with van der Waals surface area (Å²) < 4.78 is 11.4. The van der Waals surface area contributed by atoms with E-state index in [4.69, 9.17) is 9.15 Å². The molecule has 0 spiro atoms. The average Bonchev–Trinajstić information content (AvgIpc) is 3.13. The Morgan fingerprint density at radius 3 is 3.00 bits per heavy atom. The zero-order chi connectivity index (χ0) is 13.2. The second-order valence-corrected chi connectivity index (χ2v) is 5.87. The van der Waals surface area contributed by atoms with E-state index in [0.29, 0.717) is 6.10 Å². The predicted molar refractivity (Wildman–Crippen MR) is 74.0 cm³/mol. The van der Waals surface area contributed by atoms with Gasteiger partial charge in [-0.1, -0.05) is 0 Å². The first-order valence-electron chi connectivity index (χ1n) is 7.36. The summed E-state index contributed by atoms with van der Waals surface area (Å²) in [4.78, 5) is 2.45. The van der Waals surface area contributed by atoms with Crippen LogP contribution in [-0.4, -0.2) is 36.7 Å². The number of morpholine rings is 1. The highest BCUT2D eigenvalue weighted by atomic mass is 16.5. The topological polar surface area (TPSA) is 37.6 Å². The van der Waals surface area contributed by atoms with Gasteiger partial charge in [-0.2, -0.15) is 0 Å². The lowest BCUT2D eigenvalue weighted by molar-refractivity contribution is -0.0213. The second-order valence-electron chi connectivity index (χ2n) is 5.87. The number of hydrogen-bond donors (Lipinski definition) is 1. The van der Waals surface area contributed by atoms with Crippen LogP contribution in [0.5, 0.6) is 0 Å². The first kappa shape index (κ1) is 13.2. The Morgan fingerprint density at radius 1 is 1.42 bits per heavy atom. The van der Waals surface area contributed by atoms with Gasteiger partial charge >= 0.3 is 0 Å². The number of ether oxygens (including phenoxy) is 1. The normalized spacial score (nSPS) is 24.8. The molecule has 1 aromatic heterocycles. The molecule has 4 heteroatoms. The van der Waals surface area contributed by atoms with Crippen molar-refractivity contribution >= 4 is 0 Å². The van der Waals surface area contributed by atoms with E-state index in [9.17, 15) is 0 Å². The summed E-state index contributed by atoms with van der Waals surface area (Å²) in [6, 6.07) is 2.94. The van der Waals surface area contributed by atoms with Gasteiger partial charge in [0.25, 0.3) is 0 Å². The van der Waals surface area contributed by atoms with Crippen LogP contribution in [-0.2, 0) is 17.8 Å². The van der Waals surface area contributed by atoms with E-state index in [0.717, 1.165) is 50.3 Å². The molecular formula is C15H24N2O2. The minimum atomic E-state index is 0.344. The van der Waals surface area contributed by atoms with Crippen LogP contribution in [0, 0.1) is 6.92 Å². The molecular weight excluding hydrogens is 240 g/mol. The molecule has 1 saturated heterocycles. The summed E-state index contributed by atoms with van der Waals surface area (Å²) in [5, 5.41) is 3.50. The maximum absolute atomic E-state index is 5.84. The number of nitrogens with one attached hydrogen (secondary N) is 1. The van der Waals surface area contributed by atoms with E-state index < -0.39 is 0 Å². The molecule has 2 aliphatic rings. The highest BCUT2D eigenvalue weighted by Gasteiger charge is 2.22. The van der Waals surface area contributed by atoms with Crippen molar-refractivity contribution in [3.05, 3.63) is 23.2 Å². The molecule has 0 amide bonds. The number of furan rings is 1. The highest BCUT2D eigenvalue weighted by Crippen LogP contribution is 2.21. The molecule has 19 heavy (non-hydrogen) atoms. The lowest BCUT2D eigenvalue weighted by atomic mass is 10.2. The number of rotatable bonds is 5. The third-order valence-electron chi connectivity index (χ3n) is 3.93. The van der Waals surface area contributed by atoms with Crippen LogP contribution in [0.2, 0.25) is 0 Å². The van der Waals surface area contributed by atoms with Gasteiger partial charge in [-0.3, -0.25) is 4.90 Å². The van der Waals surface area contributed by atoms with Crippen molar-refractivity contribution in [1.82, 2.24) is 10.2 Å². The minimum absolute atomic E-state index is 0.344. The van der Waals surface area contributed by atoms with E-state index in [1.165, 1.54) is 18.4 Å². The Kier molecular flexibility index (Phi) is 3.91. The molecule has 1 N–H and O–H groups in total. The van der Waals surface area contributed by atoms with Gasteiger partial charge in [-0.15, -0.1) is 0 Å². The van der Waals surface area contributed by atoms with Crippen molar-refractivity contribution in [3.8, 4) is 0 Å². The Hall–Kier alpha value is -0.840. The maximum Gasteiger partial charge on any atom is 0.118 e. The highest BCUT2D eigenvalue weighted by molar-refractivity contribution is 5.21. The largest absolute Gasteiger partial charge is 0.465 e. The van der Waals surface area contributed by atoms with Gasteiger partial charge in [0.15, 0.2) is 0 Å². The molecule has 1 unspecified atom stereocenters. The Balaban J connectivity index is 1.56. The number of aryl methyl sites for hydroxylation is 1. The summed E-state index contributed by atoms with van der Waals surface area (Å²) in [7, 11) is 0. The molecule has 1 saturated carbocycles. The standard InChI is InChI=1S/C15H24N2O2/c1-11-9-17(5-6-18-11)10-13-7-15(19-12(13)2)8-16-14-3-4-14/h7,11,14,16H,3-6,8-10H2,1-2H3. The third-order valence-corrected chi connectivity index (χ3v) is 3.93. The van der Waals surface area contributed by atoms with Crippen molar-refractivity contribution < 1.29 is 9.15 Å². The average molecular weight is 264 g/mol. The van der Waals surface area contributed by atoms with Crippen LogP contribution in [0.1, 0.15) is 36.8 Å². The fraction of sp³-hybridized carbons (Fsp3) is 0.733. The Morgan fingerprint density at radius 2 is 2.26 bits per heavy atom. The van der Waals surface area contributed by atoms with Gasteiger partial charge in [0.2, 0.25) is 0 Å². The maximum atomic E-state index is 5.84. The monoisotopic (exact) mass is 264 g/mol. The molecule has 4 nitrogen and oxygen atoms in total. The van der Waals surface area contributed by atoms with Gasteiger partial charge in [0.1, 0.15) is 11.5 Å². The van der Waals surface area contributed by atoms with Crippen molar-refractivity contribution in [2.45, 2.75) is 51.9 Å². The molecule has 0 aromatic carbocycles. The van der Waals surface area contributed by atoms with Crippen LogP contribution in [0.15, 0.2) is 10.5 Å². The van der Waals surface area contributed by atoms with E-state index in [-0.39, 0.29) is 0 Å². The van der Waals surface area contributed by atoms with Crippen LogP contribution >= 0.6 is 0 Å². The second kappa shape index (κ2) is 5.65. The first-order valence-corrected chi connectivity index (χ1v) is 7.36. The Bertz CT molecular complexity index is 426. The van der Waals surface area contributed by atoms with E-state index in [1.807, 2.05) is 0 Å². The van der Waals surface area contributed by atoms with Crippen molar-refractivity contribution in [3.63, 3.8) is 0 Å². The van der Waals surface area contributed by atoms with Crippen LogP contribution in [0.3, 0.4) is 0 Å². The summed E-state index contributed by atoms with van der Waals surface area (Å²) >= 11 is 0. The van der Waals surface area contributed by atoms with Crippen molar-refractivity contribution in [2.24, 2.45) is 0 Å². The van der Waals surface area contributed by atoms with Crippen molar-refractivity contribution in [1.29, 1.82) is 0 Å². The summed E-state index contributed by atoms with van der Waals surface area (Å²) in [5.41, 5.74) is 1.32. The zero-order valence-electron chi connectivity index (χ0n) is 11.9. The molecule has 1 atom stereocenters. The van der Waals surface area contributed by atoms with Gasteiger partial charge in [-0.25, -0.2) is 0 Å². The molecule has 3 rings (SSSR count). The van der Waals surface area contributed by atoms with E-state index >= 15 is 0 Å². The van der Waals surface area contributed by atoms with Crippen molar-refractivity contribution in [2.75, 3.05) is 19.7 Å². The molecule has 1 aromatic rings. The zero-order valence-corrected chi connectivity index (χ0v) is 11.9. The Labute approximate surface area is 115 Å². The molecule has 0 bridgehead atoms. The molecule has 0 radical (unpaired) electrons. The molecule has 1 aliphatic heterocycles. The minimum Gasteiger partial charge on any atom is -0.465 e. The predicted octanol–water partition coefficient (Wildman–Crippen LogP) is 2.06. The van der Waals surface area contributed by atoms with Gasteiger partial charge < -0.3 is 14.5 Å². The first-order chi connectivity index (χ1) is 9.20. The SMILES string of the molecule is Cc1oc(CNC2CC2)cc1CN1CCOC(C)C1. The molecule has 2 heterocycles. The molecule has 1 aliphatic carbocycles. The summed E-state index contributed by atoms with van der Waals surface area (Å²) in [6.07, 6.45) is 2.98. The van der Waals surface area contributed by atoms with Gasteiger partial charge in [-0.05, 0) is 32.8 Å². The number of hydrogen-bond acceptors (Lipinski definition) is 4. The summed E-state index contributed by atoms with van der Waals surface area (Å²) in [6.45, 7) is 8.93. The summed E-state index contributed by atoms with van der Waals surface area (Å²) in [5.74, 6) is 2.13. The van der Waals surface area contributed by atoms with Crippen LogP contribution in [0.4, 0.5) is 0 Å². The van der Waals surface area contributed by atoms with Crippen LogP contribution in [0.25, 0.3) is 0 Å². The van der Waals surface area contributed by atoms with Gasteiger partial charge in [0, 0.05) is 31.2 Å². The fourth-order valence-corrected chi connectivity index (χ4v) is 2.64. The smallest absolute Gasteiger partial charge is 0.118 e. The molecule has 2 fully saturated rings.